The van der Waals surface area contributed by atoms with Gasteiger partial charge in [-0.1, -0.05) is 18.2 Å². The largest absolute Gasteiger partial charge is 0.345 e. The van der Waals surface area contributed by atoms with Gasteiger partial charge in [-0.25, -0.2) is 0 Å². The second-order valence-electron chi connectivity index (χ2n) is 5.19. The van der Waals surface area contributed by atoms with E-state index in [4.69, 9.17) is 4.18 Å². The quantitative estimate of drug-likeness (QED) is 0.809. The van der Waals surface area contributed by atoms with E-state index in [0.717, 1.165) is 25.6 Å². The predicted octanol–water partition coefficient (Wildman–Crippen LogP) is 2.18. The lowest BCUT2D eigenvalue weighted by molar-refractivity contribution is 0.228. The standard InChI is InChI=1S/C14H17NO3S/c1-19(16,17)18-10-11-6-7-15-13(8-11)9-12-4-2-3-5-14(12)15/h2-5,9,11H,6-8,10H2,1H3/t11-/m0/s1. The van der Waals surface area contributed by atoms with E-state index in [1.54, 1.807) is 0 Å². The van der Waals surface area contributed by atoms with E-state index in [1.807, 2.05) is 6.07 Å². The van der Waals surface area contributed by atoms with Crippen LogP contribution in [0.25, 0.3) is 10.9 Å². The van der Waals surface area contributed by atoms with Crippen molar-refractivity contribution < 1.29 is 12.6 Å². The highest BCUT2D eigenvalue weighted by atomic mass is 32.2. The highest BCUT2D eigenvalue weighted by Gasteiger charge is 2.21. The minimum atomic E-state index is -3.33. The van der Waals surface area contributed by atoms with E-state index >= 15 is 0 Å². The number of aromatic nitrogens is 1. The molecule has 0 amide bonds. The van der Waals surface area contributed by atoms with Gasteiger partial charge in [-0.05, 0) is 36.3 Å². The number of nitrogens with zero attached hydrogens (tertiary/aromatic N) is 1. The fourth-order valence-electron chi connectivity index (χ4n) is 2.77. The summed E-state index contributed by atoms with van der Waals surface area (Å²) < 4.78 is 29.3. The predicted molar refractivity (Wildman–Crippen MR) is 74.5 cm³/mol. The van der Waals surface area contributed by atoms with Crippen LogP contribution in [0, 0.1) is 5.92 Å². The highest BCUT2D eigenvalue weighted by Crippen LogP contribution is 2.28. The monoisotopic (exact) mass is 279 g/mol. The molecule has 102 valence electrons. The molecule has 4 nitrogen and oxygen atoms in total. The van der Waals surface area contributed by atoms with Crippen molar-refractivity contribution >= 4 is 21.0 Å². The van der Waals surface area contributed by atoms with Gasteiger partial charge in [0.25, 0.3) is 10.1 Å². The molecule has 0 fully saturated rings. The van der Waals surface area contributed by atoms with E-state index in [-0.39, 0.29) is 5.92 Å². The topological polar surface area (TPSA) is 48.3 Å². The zero-order chi connectivity index (χ0) is 13.5. The van der Waals surface area contributed by atoms with Gasteiger partial charge in [0.1, 0.15) is 0 Å². The Balaban J connectivity index is 1.80. The van der Waals surface area contributed by atoms with Crippen LogP contribution in [0.2, 0.25) is 0 Å². The van der Waals surface area contributed by atoms with E-state index in [2.05, 4.69) is 28.8 Å². The molecule has 19 heavy (non-hydrogen) atoms. The van der Waals surface area contributed by atoms with Gasteiger partial charge in [0, 0.05) is 17.8 Å². The van der Waals surface area contributed by atoms with Crippen LogP contribution in [0.4, 0.5) is 0 Å². The molecule has 0 saturated heterocycles. The number of hydrogen-bond donors (Lipinski definition) is 0. The Kier molecular flexibility index (Phi) is 3.11. The lowest BCUT2D eigenvalue weighted by atomic mass is 9.97. The third kappa shape index (κ3) is 2.67. The maximum atomic E-state index is 11.0. The number of hydrogen-bond acceptors (Lipinski definition) is 3. The Morgan fingerprint density at radius 3 is 2.95 bits per heavy atom. The van der Waals surface area contributed by atoms with Crippen molar-refractivity contribution in [1.82, 2.24) is 4.57 Å². The molecule has 3 rings (SSSR count). The van der Waals surface area contributed by atoms with Gasteiger partial charge in [0.15, 0.2) is 0 Å². The third-order valence-corrected chi connectivity index (χ3v) is 4.24. The Bertz CT molecular complexity index is 703. The van der Waals surface area contributed by atoms with Crippen molar-refractivity contribution in [2.45, 2.75) is 19.4 Å². The summed E-state index contributed by atoms with van der Waals surface area (Å²) >= 11 is 0. The van der Waals surface area contributed by atoms with Gasteiger partial charge in [-0.15, -0.1) is 0 Å². The Hall–Kier alpha value is -1.33. The van der Waals surface area contributed by atoms with Crippen molar-refractivity contribution in [3.63, 3.8) is 0 Å². The summed E-state index contributed by atoms with van der Waals surface area (Å²) in [6.07, 6.45) is 2.94. The van der Waals surface area contributed by atoms with E-state index in [0.29, 0.717) is 6.61 Å². The molecule has 0 N–H and O–H groups in total. The molecule has 1 aliphatic rings. The van der Waals surface area contributed by atoms with Crippen LogP contribution in [-0.4, -0.2) is 25.8 Å². The summed E-state index contributed by atoms with van der Waals surface area (Å²) in [7, 11) is -3.33. The zero-order valence-corrected chi connectivity index (χ0v) is 11.7. The molecule has 1 aromatic heterocycles. The zero-order valence-electron chi connectivity index (χ0n) is 10.9. The van der Waals surface area contributed by atoms with Gasteiger partial charge in [0.2, 0.25) is 0 Å². The van der Waals surface area contributed by atoms with Crippen molar-refractivity contribution in [1.29, 1.82) is 0 Å². The molecular formula is C14H17NO3S. The van der Waals surface area contributed by atoms with Crippen LogP contribution in [0.15, 0.2) is 30.3 Å². The Morgan fingerprint density at radius 2 is 2.16 bits per heavy atom. The lowest BCUT2D eigenvalue weighted by Gasteiger charge is -2.24. The molecule has 5 heteroatoms. The molecule has 2 heterocycles. The molecule has 0 bridgehead atoms. The van der Waals surface area contributed by atoms with Crippen molar-refractivity contribution in [2.75, 3.05) is 12.9 Å². The fourth-order valence-corrected chi connectivity index (χ4v) is 3.21. The second-order valence-corrected chi connectivity index (χ2v) is 6.84. The van der Waals surface area contributed by atoms with E-state index in [9.17, 15) is 8.42 Å². The molecule has 1 aliphatic heterocycles. The van der Waals surface area contributed by atoms with Gasteiger partial charge in [-0.2, -0.15) is 8.42 Å². The van der Waals surface area contributed by atoms with Crippen LogP contribution in [-0.2, 0) is 27.3 Å². The lowest BCUT2D eigenvalue weighted by Crippen LogP contribution is -2.23. The first kappa shape index (κ1) is 12.7. The van der Waals surface area contributed by atoms with Crippen LogP contribution in [0.5, 0.6) is 0 Å². The smallest absolute Gasteiger partial charge is 0.264 e. The summed E-state index contributed by atoms with van der Waals surface area (Å²) in [5.41, 5.74) is 2.54. The summed E-state index contributed by atoms with van der Waals surface area (Å²) in [4.78, 5) is 0. The first-order chi connectivity index (χ1) is 9.03. The molecule has 1 atom stereocenters. The molecule has 0 aliphatic carbocycles. The summed E-state index contributed by atoms with van der Waals surface area (Å²) in [6, 6.07) is 10.5. The van der Waals surface area contributed by atoms with Crippen molar-refractivity contribution in [3.8, 4) is 0 Å². The molecule has 2 aromatic rings. The average Bonchev–Trinajstić information content (AvgIpc) is 2.73. The van der Waals surface area contributed by atoms with Gasteiger partial charge < -0.3 is 4.57 Å². The fraction of sp³-hybridized carbons (Fsp3) is 0.429. The minimum absolute atomic E-state index is 0.284. The van der Waals surface area contributed by atoms with Crippen molar-refractivity contribution in [3.05, 3.63) is 36.0 Å². The highest BCUT2D eigenvalue weighted by molar-refractivity contribution is 7.85. The number of para-hydroxylation sites is 1. The average molecular weight is 279 g/mol. The number of benzene rings is 1. The molecule has 0 radical (unpaired) electrons. The van der Waals surface area contributed by atoms with E-state index in [1.165, 1.54) is 16.6 Å². The summed E-state index contributed by atoms with van der Waals surface area (Å²) in [5, 5.41) is 1.25. The van der Waals surface area contributed by atoms with Crippen LogP contribution >= 0.6 is 0 Å². The summed E-state index contributed by atoms with van der Waals surface area (Å²) in [6.45, 7) is 1.22. The third-order valence-electron chi connectivity index (χ3n) is 3.67. The number of aryl methyl sites for hydroxylation is 1. The molecule has 0 unspecified atom stereocenters. The normalized spacial score (nSPS) is 19.5. The second kappa shape index (κ2) is 4.65. The maximum absolute atomic E-state index is 11.0. The van der Waals surface area contributed by atoms with Gasteiger partial charge in [0.05, 0.1) is 12.9 Å². The van der Waals surface area contributed by atoms with Gasteiger partial charge >= 0.3 is 0 Å². The first-order valence-corrected chi connectivity index (χ1v) is 8.26. The maximum Gasteiger partial charge on any atom is 0.264 e. The molecule has 1 aromatic carbocycles. The summed E-state index contributed by atoms with van der Waals surface area (Å²) in [5.74, 6) is 0.284. The molecule has 0 saturated carbocycles. The van der Waals surface area contributed by atoms with Crippen LogP contribution < -0.4 is 0 Å². The number of fused-ring (bicyclic) bond motifs is 3. The van der Waals surface area contributed by atoms with Crippen LogP contribution in [0.1, 0.15) is 12.1 Å². The Morgan fingerprint density at radius 1 is 1.37 bits per heavy atom. The molecule has 0 spiro atoms. The Labute approximate surface area is 113 Å². The van der Waals surface area contributed by atoms with Crippen LogP contribution in [0.3, 0.4) is 0 Å². The van der Waals surface area contributed by atoms with Gasteiger partial charge in [-0.3, -0.25) is 4.18 Å². The minimum Gasteiger partial charge on any atom is -0.345 e. The first-order valence-electron chi connectivity index (χ1n) is 6.44. The SMILES string of the molecule is CS(=O)(=O)OC[C@H]1CCn2c(cc3ccccc32)C1. The molecular weight excluding hydrogens is 262 g/mol. The van der Waals surface area contributed by atoms with Crippen molar-refractivity contribution in [2.24, 2.45) is 5.92 Å². The number of rotatable bonds is 3. The van der Waals surface area contributed by atoms with E-state index < -0.39 is 10.1 Å².